The fourth-order valence-electron chi connectivity index (χ4n) is 2.63. The van der Waals surface area contributed by atoms with Gasteiger partial charge in [-0.1, -0.05) is 6.92 Å². The summed E-state index contributed by atoms with van der Waals surface area (Å²) in [5.74, 6) is -0.208. The zero-order valence-electron chi connectivity index (χ0n) is 16.2. The van der Waals surface area contributed by atoms with E-state index in [1.165, 1.54) is 29.6 Å². The lowest BCUT2D eigenvalue weighted by Crippen LogP contribution is -2.17. The van der Waals surface area contributed by atoms with E-state index in [9.17, 15) is 9.59 Å². The van der Waals surface area contributed by atoms with Crippen molar-refractivity contribution < 1.29 is 9.59 Å². The van der Waals surface area contributed by atoms with Crippen molar-refractivity contribution in [2.24, 2.45) is 0 Å². The lowest BCUT2D eigenvalue weighted by atomic mass is 10.3. The van der Waals surface area contributed by atoms with Crippen molar-refractivity contribution in [2.45, 2.75) is 47.1 Å². The first kappa shape index (κ1) is 20.6. The van der Waals surface area contributed by atoms with Crippen LogP contribution in [0.3, 0.4) is 0 Å². The molecule has 0 aromatic carbocycles. The highest BCUT2D eigenvalue weighted by molar-refractivity contribution is 7.18. The van der Waals surface area contributed by atoms with Crippen molar-refractivity contribution in [3.05, 3.63) is 37.5 Å². The summed E-state index contributed by atoms with van der Waals surface area (Å²) < 4.78 is 0. The van der Waals surface area contributed by atoms with Gasteiger partial charge in [0.1, 0.15) is 4.88 Å². The van der Waals surface area contributed by atoms with E-state index in [0.717, 1.165) is 43.9 Å². The molecule has 0 radical (unpaired) electrons. The number of nitrogens with zero attached hydrogens (tertiary/aromatic N) is 2. The molecule has 0 aliphatic heterocycles. The van der Waals surface area contributed by atoms with Crippen LogP contribution in [0.4, 0.5) is 5.13 Å². The normalized spacial score (nSPS) is 10.9. The van der Waals surface area contributed by atoms with Gasteiger partial charge in [0.2, 0.25) is 5.91 Å². The Labute approximate surface area is 176 Å². The molecule has 148 valence electrons. The summed E-state index contributed by atoms with van der Waals surface area (Å²) in [5.41, 5.74) is 1.63. The van der Waals surface area contributed by atoms with Gasteiger partial charge < -0.3 is 5.32 Å². The fraction of sp³-hybridized carbons (Fsp3) is 0.368. The van der Waals surface area contributed by atoms with Crippen LogP contribution < -0.4 is 10.6 Å². The smallest absolute Gasteiger partial charge is 0.269 e. The van der Waals surface area contributed by atoms with E-state index in [1.807, 2.05) is 26.0 Å². The van der Waals surface area contributed by atoms with Gasteiger partial charge in [0.05, 0.1) is 27.8 Å². The minimum absolute atomic E-state index is 0.0507. The molecule has 3 rings (SSSR count). The summed E-state index contributed by atoms with van der Waals surface area (Å²) >= 11 is 4.50. The van der Waals surface area contributed by atoms with Crippen molar-refractivity contribution in [1.29, 1.82) is 0 Å². The Morgan fingerprint density at radius 2 is 1.89 bits per heavy atom. The molecule has 3 aromatic rings. The van der Waals surface area contributed by atoms with Gasteiger partial charge in [-0.3, -0.25) is 14.9 Å². The first-order chi connectivity index (χ1) is 13.4. The molecule has 9 heteroatoms. The second kappa shape index (κ2) is 8.93. The number of hydrogen-bond acceptors (Lipinski definition) is 7. The van der Waals surface area contributed by atoms with Crippen LogP contribution in [0.15, 0.2) is 12.1 Å². The zero-order chi connectivity index (χ0) is 20.3. The number of carbonyl (C=O) groups excluding carboxylic acids is 2. The third-order valence-electron chi connectivity index (χ3n) is 3.93. The molecule has 0 saturated heterocycles. The van der Waals surface area contributed by atoms with Gasteiger partial charge in [-0.05, 0) is 38.8 Å². The molecule has 28 heavy (non-hydrogen) atoms. The maximum absolute atomic E-state index is 12.7. The third-order valence-corrected chi connectivity index (χ3v) is 7.13. The standard InChI is InChI=1S/C19H22N4O2S3/c1-5-6-15-21-10(2)17(28-15)18(25)23-19-22-16(11(3)26-19)14-8-7-13(27-14)9-20-12(4)24/h7-8H,5-6,9H2,1-4H3,(H,20,24)(H,22,23,25). The van der Waals surface area contributed by atoms with Gasteiger partial charge in [0.25, 0.3) is 5.91 Å². The lowest BCUT2D eigenvalue weighted by molar-refractivity contribution is -0.119. The van der Waals surface area contributed by atoms with E-state index in [-0.39, 0.29) is 11.8 Å². The second-order valence-corrected chi connectivity index (χ2v) is 9.78. The van der Waals surface area contributed by atoms with Gasteiger partial charge in [-0.25, -0.2) is 9.97 Å². The minimum atomic E-state index is -0.157. The maximum atomic E-state index is 12.7. The molecule has 0 aliphatic carbocycles. The number of amides is 2. The van der Waals surface area contributed by atoms with Crippen LogP contribution in [0.1, 0.15) is 50.4 Å². The molecule has 0 bridgehead atoms. The van der Waals surface area contributed by atoms with Gasteiger partial charge >= 0.3 is 0 Å². The van der Waals surface area contributed by atoms with Crippen molar-refractivity contribution in [3.63, 3.8) is 0 Å². The number of thiazole rings is 2. The summed E-state index contributed by atoms with van der Waals surface area (Å²) in [5, 5.41) is 7.29. The molecule has 2 N–H and O–H groups in total. The van der Waals surface area contributed by atoms with Crippen LogP contribution >= 0.6 is 34.0 Å². The van der Waals surface area contributed by atoms with E-state index in [2.05, 4.69) is 27.5 Å². The van der Waals surface area contributed by atoms with E-state index >= 15 is 0 Å². The van der Waals surface area contributed by atoms with Crippen molar-refractivity contribution in [2.75, 3.05) is 5.32 Å². The minimum Gasteiger partial charge on any atom is -0.351 e. The predicted molar refractivity (Wildman–Crippen MR) is 116 cm³/mol. The number of anilines is 1. The molecule has 2 amide bonds. The molecule has 6 nitrogen and oxygen atoms in total. The number of carbonyl (C=O) groups is 2. The molecule has 3 heterocycles. The number of rotatable bonds is 7. The number of hydrogen-bond donors (Lipinski definition) is 2. The van der Waals surface area contributed by atoms with Crippen LogP contribution in [0.25, 0.3) is 10.6 Å². The van der Waals surface area contributed by atoms with Crippen LogP contribution in [0.5, 0.6) is 0 Å². The molecular formula is C19H22N4O2S3. The van der Waals surface area contributed by atoms with Crippen molar-refractivity contribution in [3.8, 4) is 10.6 Å². The number of thiophene rings is 1. The predicted octanol–water partition coefficient (Wildman–Crippen LogP) is 4.79. The summed E-state index contributed by atoms with van der Waals surface area (Å²) in [6.45, 7) is 7.97. The first-order valence-electron chi connectivity index (χ1n) is 8.96. The topological polar surface area (TPSA) is 84.0 Å². The van der Waals surface area contributed by atoms with E-state index in [0.29, 0.717) is 16.6 Å². The lowest BCUT2D eigenvalue weighted by Gasteiger charge is -1.99. The summed E-state index contributed by atoms with van der Waals surface area (Å²) in [7, 11) is 0. The fourth-order valence-corrected chi connectivity index (χ4v) is 5.57. The average molecular weight is 435 g/mol. The van der Waals surface area contributed by atoms with E-state index in [4.69, 9.17) is 0 Å². The van der Waals surface area contributed by atoms with Crippen molar-refractivity contribution >= 4 is 51.0 Å². The SMILES string of the molecule is CCCc1nc(C)c(C(=O)Nc2nc(-c3ccc(CNC(C)=O)s3)c(C)s2)s1. The Bertz CT molecular complexity index is 1000. The first-order valence-corrected chi connectivity index (χ1v) is 11.4. The maximum Gasteiger partial charge on any atom is 0.269 e. The Balaban J connectivity index is 1.73. The molecule has 3 aromatic heterocycles. The summed E-state index contributed by atoms with van der Waals surface area (Å²) in [6.07, 6.45) is 1.90. The zero-order valence-corrected chi connectivity index (χ0v) is 18.7. The van der Waals surface area contributed by atoms with Gasteiger partial charge in [0.15, 0.2) is 5.13 Å². The quantitative estimate of drug-likeness (QED) is 0.560. The largest absolute Gasteiger partial charge is 0.351 e. The molecule has 0 spiro atoms. The molecule has 0 aliphatic rings. The van der Waals surface area contributed by atoms with Crippen molar-refractivity contribution in [1.82, 2.24) is 15.3 Å². The summed E-state index contributed by atoms with van der Waals surface area (Å²) in [6, 6.07) is 3.99. The number of aromatic nitrogens is 2. The van der Waals surface area contributed by atoms with Gasteiger partial charge in [0, 0.05) is 16.7 Å². The molecular weight excluding hydrogens is 412 g/mol. The van der Waals surface area contributed by atoms with E-state index < -0.39 is 0 Å². The Morgan fingerprint density at radius 3 is 2.61 bits per heavy atom. The molecule has 0 fully saturated rings. The number of nitrogens with one attached hydrogen (secondary N) is 2. The van der Waals surface area contributed by atoms with Crippen LogP contribution in [-0.2, 0) is 17.8 Å². The van der Waals surface area contributed by atoms with Crippen LogP contribution in [-0.4, -0.2) is 21.8 Å². The van der Waals surface area contributed by atoms with Gasteiger partial charge in [-0.15, -0.1) is 34.0 Å². The van der Waals surface area contributed by atoms with Crippen LogP contribution in [0, 0.1) is 13.8 Å². The summed E-state index contributed by atoms with van der Waals surface area (Å²) in [4.78, 5) is 36.6. The molecule has 0 unspecified atom stereocenters. The molecule has 0 atom stereocenters. The Morgan fingerprint density at radius 1 is 1.11 bits per heavy atom. The Hall–Kier alpha value is -2.10. The number of aryl methyl sites for hydroxylation is 3. The highest BCUT2D eigenvalue weighted by Gasteiger charge is 2.18. The molecule has 0 saturated carbocycles. The second-order valence-electron chi connectivity index (χ2n) is 6.33. The highest BCUT2D eigenvalue weighted by Crippen LogP contribution is 2.35. The highest BCUT2D eigenvalue weighted by atomic mass is 32.1. The van der Waals surface area contributed by atoms with Gasteiger partial charge in [-0.2, -0.15) is 0 Å². The Kier molecular flexibility index (Phi) is 6.58. The third kappa shape index (κ3) is 4.84. The van der Waals surface area contributed by atoms with E-state index in [1.54, 1.807) is 11.3 Å². The average Bonchev–Trinajstić information content (AvgIpc) is 3.32. The monoisotopic (exact) mass is 434 g/mol. The van der Waals surface area contributed by atoms with Crippen LogP contribution in [0.2, 0.25) is 0 Å².